The number of ether oxygens (including phenoxy) is 4. The smallest absolute Gasteiger partial charge is 0.338 e. The molecule has 0 spiro atoms. The van der Waals surface area contributed by atoms with Gasteiger partial charge in [0.2, 0.25) is 5.91 Å². The zero-order valence-corrected chi connectivity index (χ0v) is 40.4. The van der Waals surface area contributed by atoms with Crippen molar-refractivity contribution < 1.29 is 63.7 Å². The molecule has 2 rings (SSSR count). The summed E-state index contributed by atoms with van der Waals surface area (Å²) in [6.45, 7) is 3.46. The maximum atomic E-state index is 13.6. The largest absolute Gasteiger partial charge is 0.481 e. The van der Waals surface area contributed by atoms with Crippen molar-refractivity contribution in [3.8, 4) is 0 Å². The third-order valence-electron chi connectivity index (χ3n) is 12.3. The van der Waals surface area contributed by atoms with Gasteiger partial charge in [0.1, 0.15) is 30.5 Å². The summed E-state index contributed by atoms with van der Waals surface area (Å²) in [4.78, 5) is 49.6. The molecule has 6 N–H and O–H groups in total. The van der Waals surface area contributed by atoms with Crippen LogP contribution in [0.15, 0.2) is 42.5 Å². The molecule has 378 valence electrons. The number of carbonyl (C=O) groups excluding carboxylic acids is 2. The number of hydrogen-bond acceptors (Lipinski definition) is 11. The van der Waals surface area contributed by atoms with E-state index in [1.807, 2.05) is 6.08 Å². The van der Waals surface area contributed by atoms with Gasteiger partial charge in [0.05, 0.1) is 24.8 Å². The van der Waals surface area contributed by atoms with Crippen LogP contribution in [0.5, 0.6) is 0 Å². The molecule has 0 radical (unpaired) electrons. The molecule has 0 aromatic heterocycles. The van der Waals surface area contributed by atoms with Crippen molar-refractivity contribution in [1.82, 2.24) is 5.32 Å². The third-order valence-corrected chi connectivity index (χ3v) is 12.3. The first-order valence-electron chi connectivity index (χ1n) is 25.6. The number of hydrogen-bond donors (Lipinski definition) is 6. The minimum Gasteiger partial charge on any atom is -0.481 e. The van der Waals surface area contributed by atoms with E-state index < -0.39 is 66.7 Å². The lowest BCUT2D eigenvalue weighted by Gasteiger charge is -2.40. The molecule has 1 fully saturated rings. The molecule has 66 heavy (non-hydrogen) atoms. The molecule has 1 aromatic carbocycles. The summed E-state index contributed by atoms with van der Waals surface area (Å²) < 4.78 is 23.3. The number of carbonyl (C=O) groups is 4. The van der Waals surface area contributed by atoms with E-state index in [0.717, 1.165) is 44.9 Å². The van der Waals surface area contributed by atoms with Gasteiger partial charge in [-0.1, -0.05) is 179 Å². The van der Waals surface area contributed by atoms with Gasteiger partial charge in [0.25, 0.3) is 0 Å². The van der Waals surface area contributed by atoms with Gasteiger partial charge in [-0.3, -0.25) is 14.4 Å². The average molecular weight is 934 g/mol. The average Bonchev–Trinajstić information content (AvgIpc) is 3.30. The molecule has 0 bridgehead atoms. The second-order valence-electron chi connectivity index (χ2n) is 18.1. The van der Waals surface area contributed by atoms with Crippen LogP contribution in [0.3, 0.4) is 0 Å². The summed E-state index contributed by atoms with van der Waals surface area (Å²) in [5, 5.41) is 53.7. The molecule has 1 amide bonds. The number of esters is 1. The number of carboxylic acid groups (broad SMARTS) is 2. The molecule has 1 heterocycles. The number of carboxylic acids is 2. The summed E-state index contributed by atoms with van der Waals surface area (Å²) in [5.74, 6) is -5.60. The van der Waals surface area contributed by atoms with E-state index in [-0.39, 0.29) is 38.6 Å². The number of benzene rings is 1. The van der Waals surface area contributed by atoms with Gasteiger partial charge < -0.3 is 49.8 Å². The first-order chi connectivity index (χ1) is 32.0. The number of nitrogens with one attached hydrogen (secondary N) is 1. The van der Waals surface area contributed by atoms with Gasteiger partial charge in [-0.25, -0.2) is 4.79 Å². The van der Waals surface area contributed by atoms with E-state index in [0.29, 0.717) is 12.0 Å². The topological polar surface area (TPSA) is 218 Å². The van der Waals surface area contributed by atoms with Gasteiger partial charge in [-0.15, -0.1) is 0 Å². The van der Waals surface area contributed by atoms with Gasteiger partial charge >= 0.3 is 17.9 Å². The molecular formula is C52H87NO13. The van der Waals surface area contributed by atoms with Gasteiger partial charge in [-0.2, -0.15) is 0 Å². The van der Waals surface area contributed by atoms with Crippen LogP contribution in [0.4, 0.5) is 0 Å². The van der Waals surface area contributed by atoms with Gasteiger partial charge in [-0.05, 0) is 43.9 Å². The molecule has 1 aliphatic heterocycles. The first-order valence-corrected chi connectivity index (χ1v) is 25.6. The Morgan fingerprint density at radius 1 is 0.667 bits per heavy atom. The van der Waals surface area contributed by atoms with Crippen LogP contribution in [0.2, 0.25) is 0 Å². The van der Waals surface area contributed by atoms with E-state index >= 15 is 0 Å². The molecular weight excluding hydrogens is 847 g/mol. The summed E-state index contributed by atoms with van der Waals surface area (Å²) >= 11 is 0. The predicted octanol–water partition coefficient (Wildman–Crippen LogP) is 9.45. The Hall–Kier alpha value is -3.40. The fraction of sp³-hybridized carbons (Fsp3) is 0.769. The van der Waals surface area contributed by atoms with Crippen molar-refractivity contribution in [3.63, 3.8) is 0 Å². The van der Waals surface area contributed by atoms with Crippen molar-refractivity contribution in [2.24, 2.45) is 5.92 Å². The van der Waals surface area contributed by atoms with E-state index in [1.165, 1.54) is 109 Å². The first kappa shape index (κ1) is 58.7. The fourth-order valence-electron chi connectivity index (χ4n) is 8.12. The number of aliphatic carboxylic acids is 2. The maximum absolute atomic E-state index is 13.6. The van der Waals surface area contributed by atoms with E-state index in [1.54, 1.807) is 36.4 Å². The predicted molar refractivity (Wildman–Crippen MR) is 255 cm³/mol. The standard InChI is InChI=1S/C52H87NO13/c1-3-5-7-9-11-13-15-17-19-21-23-25-30-34-43(65-51(62)40-32-28-27-29-33-40)42(53-45(54)35-31-26-24-22-20-18-16-14-12-10-8-6-4-2)38-64-52-48(57)47(56)46(55)44(66-52)39-63-37-36-41(49(58)59)50(60)61/h27-30,32-34,41-44,46-48,52,55-57H,3-26,31,35-39H2,1-2H3,(H,53,54)(H,58,59)(H,60,61)/b34-30+/t42-,43+,44+,46-,47-,48+,52-/m0/s1. The van der Waals surface area contributed by atoms with Crippen LogP contribution < -0.4 is 5.32 Å². The zero-order valence-electron chi connectivity index (χ0n) is 40.4. The zero-order chi connectivity index (χ0) is 48.2. The highest BCUT2D eigenvalue weighted by molar-refractivity contribution is 5.92. The molecule has 0 aliphatic carbocycles. The summed E-state index contributed by atoms with van der Waals surface area (Å²) in [6.07, 6.45) is 24.1. The fourth-order valence-corrected chi connectivity index (χ4v) is 8.12. The Morgan fingerprint density at radius 3 is 1.68 bits per heavy atom. The van der Waals surface area contributed by atoms with Gasteiger partial charge in [0, 0.05) is 13.0 Å². The number of rotatable bonds is 41. The lowest BCUT2D eigenvalue weighted by Crippen LogP contribution is -2.60. The quantitative estimate of drug-likeness (QED) is 0.0156. The van der Waals surface area contributed by atoms with Crippen molar-refractivity contribution in [2.75, 3.05) is 19.8 Å². The number of allylic oxidation sites excluding steroid dienone is 1. The molecule has 7 atom stereocenters. The minimum absolute atomic E-state index is 0.244. The lowest BCUT2D eigenvalue weighted by molar-refractivity contribution is -0.304. The van der Waals surface area contributed by atoms with Crippen LogP contribution in [-0.4, -0.2) is 112 Å². The normalized spacial score (nSPS) is 19.5. The van der Waals surface area contributed by atoms with Crippen LogP contribution >= 0.6 is 0 Å². The Morgan fingerprint density at radius 2 is 1.17 bits per heavy atom. The summed E-state index contributed by atoms with van der Waals surface area (Å²) in [7, 11) is 0. The van der Waals surface area contributed by atoms with Crippen molar-refractivity contribution in [3.05, 3.63) is 48.0 Å². The molecule has 1 saturated heterocycles. The Bertz CT molecular complexity index is 1430. The second kappa shape index (κ2) is 37.6. The van der Waals surface area contributed by atoms with Crippen molar-refractivity contribution in [2.45, 2.75) is 230 Å². The highest BCUT2D eigenvalue weighted by Crippen LogP contribution is 2.24. The van der Waals surface area contributed by atoms with Gasteiger partial charge in [0.15, 0.2) is 12.2 Å². The van der Waals surface area contributed by atoms with Crippen LogP contribution in [0.25, 0.3) is 0 Å². The highest BCUT2D eigenvalue weighted by Gasteiger charge is 2.45. The Balaban J connectivity index is 2.11. The van der Waals surface area contributed by atoms with E-state index in [4.69, 9.17) is 29.2 Å². The highest BCUT2D eigenvalue weighted by atomic mass is 16.7. The molecule has 1 aromatic rings. The lowest BCUT2D eigenvalue weighted by atomic mass is 9.99. The van der Waals surface area contributed by atoms with E-state index in [2.05, 4.69) is 19.2 Å². The maximum Gasteiger partial charge on any atom is 0.338 e. The molecule has 14 heteroatoms. The monoisotopic (exact) mass is 934 g/mol. The van der Waals surface area contributed by atoms with Crippen molar-refractivity contribution >= 4 is 23.8 Å². The number of aliphatic hydroxyl groups is 3. The number of aliphatic hydroxyl groups excluding tert-OH is 3. The van der Waals surface area contributed by atoms with Crippen LogP contribution in [0.1, 0.15) is 198 Å². The third kappa shape index (κ3) is 26.2. The summed E-state index contributed by atoms with van der Waals surface area (Å²) in [6, 6.07) is 7.57. The minimum atomic E-state index is -1.73. The van der Waals surface area contributed by atoms with Crippen LogP contribution in [0, 0.1) is 5.92 Å². The second-order valence-corrected chi connectivity index (χ2v) is 18.1. The molecule has 0 unspecified atom stereocenters. The molecule has 14 nitrogen and oxygen atoms in total. The van der Waals surface area contributed by atoms with Crippen LogP contribution in [-0.2, 0) is 33.3 Å². The summed E-state index contributed by atoms with van der Waals surface area (Å²) in [5.41, 5.74) is 0.322. The van der Waals surface area contributed by atoms with E-state index in [9.17, 15) is 34.5 Å². The Labute approximate surface area is 395 Å². The molecule has 1 aliphatic rings. The number of amides is 1. The Kier molecular flexibility index (Phi) is 33.4. The molecule has 0 saturated carbocycles. The number of unbranched alkanes of at least 4 members (excludes halogenated alkanes) is 23. The SMILES string of the molecule is CCCCCCCCCCCCC/C=C/[C@@H](OC(=O)c1ccccc1)[C@H](CO[C@H]1O[C@H](COCCC(C(=O)O)C(=O)O)[C@H](O)[C@H](O)[C@H]1O)NC(=O)CCCCCCCCCCCCCCC. The van der Waals surface area contributed by atoms with Crippen molar-refractivity contribution in [1.29, 1.82) is 0 Å².